The second kappa shape index (κ2) is 3.75. The highest BCUT2D eigenvalue weighted by Crippen LogP contribution is 2.24. The average molecular weight is 286 g/mol. The van der Waals surface area contributed by atoms with Crippen LogP contribution < -0.4 is 5.11 Å². The van der Waals surface area contributed by atoms with Crippen LogP contribution in [0.25, 0.3) is 11.0 Å². The van der Waals surface area contributed by atoms with Crippen LogP contribution in [0.1, 0.15) is 10.4 Å². The van der Waals surface area contributed by atoms with Gasteiger partial charge in [0.15, 0.2) is 0 Å². The molecule has 0 amide bonds. The third kappa shape index (κ3) is 1.80. The second-order valence-electron chi connectivity index (χ2n) is 2.78. The highest BCUT2D eigenvalue weighted by atomic mass is 79.9. The summed E-state index contributed by atoms with van der Waals surface area (Å²) >= 11 is 9.03. The highest BCUT2D eigenvalue weighted by Gasteiger charge is 2.08. The fourth-order valence-electron chi connectivity index (χ4n) is 1.15. The van der Waals surface area contributed by atoms with E-state index in [-0.39, 0.29) is 10.6 Å². The van der Waals surface area contributed by atoms with Crippen molar-refractivity contribution in [2.45, 2.75) is 0 Å². The van der Waals surface area contributed by atoms with Crippen molar-refractivity contribution in [1.29, 1.82) is 0 Å². The summed E-state index contributed by atoms with van der Waals surface area (Å²) in [6.07, 6.45) is 1.16. The van der Waals surface area contributed by atoms with E-state index in [0.717, 1.165) is 6.20 Å². The van der Waals surface area contributed by atoms with Crippen molar-refractivity contribution in [3.63, 3.8) is 0 Å². The fraction of sp³-hybridized carbons (Fsp3) is 0. The van der Waals surface area contributed by atoms with Crippen LogP contribution in [-0.4, -0.2) is 15.9 Å². The molecule has 2 aromatic heterocycles. The van der Waals surface area contributed by atoms with E-state index in [9.17, 15) is 9.90 Å². The summed E-state index contributed by atoms with van der Waals surface area (Å²) in [4.78, 5) is 18.6. The summed E-state index contributed by atoms with van der Waals surface area (Å²) in [5, 5.41) is 10.7. The van der Waals surface area contributed by atoms with Crippen LogP contribution >= 0.6 is 27.5 Å². The van der Waals surface area contributed by atoms with E-state index >= 15 is 0 Å². The molecule has 2 heterocycles. The molecule has 0 saturated heterocycles. The molecule has 0 radical (unpaired) electrons. The van der Waals surface area contributed by atoms with Crippen LogP contribution in [0, 0.1) is 0 Å². The van der Waals surface area contributed by atoms with Gasteiger partial charge in [-0.05, 0) is 28.1 Å². The van der Waals surface area contributed by atoms with Crippen molar-refractivity contribution >= 4 is 44.5 Å². The number of carboxylic acid groups (broad SMARTS) is 1. The van der Waals surface area contributed by atoms with E-state index in [0.29, 0.717) is 15.6 Å². The zero-order chi connectivity index (χ0) is 11.0. The number of hydrogen-bond donors (Lipinski definition) is 0. The second-order valence-corrected chi connectivity index (χ2v) is 3.97. The normalized spacial score (nSPS) is 10.5. The maximum atomic E-state index is 10.7. The van der Waals surface area contributed by atoms with Gasteiger partial charge >= 0.3 is 0 Å². The number of carbonyl (C=O) groups excluding carboxylic acids is 1. The molecule has 2 rings (SSSR count). The smallest absolute Gasteiger partial charge is 0.109 e. The van der Waals surface area contributed by atoms with Gasteiger partial charge in [-0.2, -0.15) is 0 Å². The molecule has 0 aliphatic carbocycles. The number of carbonyl (C=O) groups is 1. The van der Waals surface area contributed by atoms with Gasteiger partial charge in [0, 0.05) is 11.8 Å². The standard InChI is InChI=1S/C9H4BrClN2O2/c10-6-2-1-5-8(13-6)7(11)4(3-12-5)9(14)15/h1-3H,(H,14,15)/p-1. The number of nitrogens with zero attached hydrogens (tertiary/aromatic N) is 2. The minimum Gasteiger partial charge on any atom is -0.545 e. The van der Waals surface area contributed by atoms with Gasteiger partial charge in [-0.1, -0.05) is 11.6 Å². The molecule has 4 nitrogen and oxygen atoms in total. The first-order chi connectivity index (χ1) is 7.09. The number of pyridine rings is 2. The largest absolute Gasteiger partial charge is 0.545 e. The topological polar surface area (TPSA) is 65.9 Å². The van der Waals surface area contributed by atoms with Crippen LogP contribution in [0.5, 0.6) is 0 Å². The lowest BCUT2D eigenvalue weighted by molar-refractivity contribution is -0.255. The Kier molecular flexibility index (Phi) is 2.58. The Morgan fingerprint density at radius 1 is 1.47 bits per heavy atom. The van der Waals surface area contributed by atoms with Gasteiger partial charge in [0.05, 0.1) is 16.5 Å². The summed E-state index contributed by atoms with van der Waals surface area (Å²) in [6, 6.07) is 3.39. The van der Waals surface area contributed by atoms with Crippen molar-refractivity contribution in [3.05, 3.63) is 33.5 Å². The van der Waals surface area contributed by atoms with Crippen LogP contribution in [0.15, 0.2) is 22.9 Å². The molecular formula is C9H3BrClN2O2-. The summed E-state index contributed by atoms with van der Waals surface area (Å²) in [6.45, 7) is 0. The van der Waals surface area contributed by atoms with Gasteiger partial charge in [-0.3, -0.25) is 4.98 Å². The fourth-order valence-corrected chi connectivity index (χ4v) is 1.73. The van der Waals surface area contributed by atoms with Crippen molar-refractivity contribution in [1.82, 2.24) is 9.97 Å². The van der Waals surface area contributed by atoms with Gasteiger partial charge in [0.1, 0.15) is 10.1 Å². The molecule has 0 unspecified atom stereocenters. The number of aromatic nitrogens is 2. The van der Waals surface area contributed by atoms with E-state index in [1.54, 1.807) is 12.1 Å². The zero-order valence-electron chi connectivity index (χ0n) is 7.20. The first kappa shape index (κ1) is 10.3. The van der Waals surface area contributed by atoms with Crippen LogP contribution in [0.4, 0.5) is 0 Å². The quantitative estimate of drug-likeness (QED) is 0.743. The predicted octanol–water partition coefficient (Wildman–Crippen LogP) is 1.41. The van der Waals surface area contributed by atoms with E-state index in [1.165, 1.54) is 0 Å². The third-order valence-electron chi connectivity index (χ3n) is 1.84. The first-order valence-electron chi connectivity index (χ1n) is 3.91. The summed E-state index contributed by atoms with van der Waals surface area (Å²) in [7, 11) is 0. The molecule has 0 spiro atoms. The number of fused-ring (bicyclic) bond motifs is 1. The summed E-state index contributed by atoms with van der Waals surface area (Å²) < 4.78 is 0.564. The van der Waals surface area contributed by atoms with Gasteiger partial charge in [0.2, 0.25) is 0 Å². The van der Waals surface area contributed by atoms with E-state index in [2.05, 4.69) is 25.9 Å². The molecule has 2 aromatic rings. The minimum absolute atomic E-state index is 0.0429. The van der Waals surface area contributed by atoms with E-state index in [4.69, 9.17) is 11.6 Å². The van der Waals surface area contributed by atoms with Gasteiger partial charge in [-0.15, -0.1) is 0 Å². The van der Waals surface area contributed by atoms with Crippen molar-refractivity contribution in [3.8, 4) is 0 Å². The molecule has 0 bridgehead atoms. The Morgan fingerprint density at radius 3 is 2.87 bits per heavy atom. The molecule has 15 heavy (non-hydrogen) atoms. The number of aromatic carboxylic acids is 1. The molecule has 0 N–H and O–H groups in total. The Balaban J connectivity index is 2.82. The molecule has 0 aromatic carbocycles. The lowest BCUT2D eigenvalue weighted by Crippen LogP contribution is -2.23. The lowest BCUT2D eigenvalue weighted by Gasteiger charge is -2.06. The lowest BCUT2D eigenvalue weighted by atomic mass is 10.2. The molecule has 0 aliphatic rings. The summed E-state index contributed by atoms with van der Waals surface area (Å²) in [5.41, 5.74) is 0.718. The maximum absolute atomic E-state index is 10.7. The Morgan fingerprint density at radius 2 is 2.20 bits per heavy atom. The first-order valence-corrected chi connectivity index (χ1v) is 5.09. The third-order valence-corrected chi connectivity index (χ3v) is 2.66. The number of hydrogen-bond acceptors (Lipinski definition) is 4. The van der Waals surface area contributed by atoms with Crippen molar-refractivity contribution in [2.24, 2.45) is 0 Å². The van der Waals surface area contributed by atoms with Crippen molar-refractivity contribution in [2.75, 3.05) is 0 Å². The summed E-state index contributed by atoms with van der Waals surface area (Å²) in [5.74, 6) is -1.36. The minimum atomic E-state index is -1.36. The molecule has 0 fully saturated rings. The number of rotatable bonds is 1. The Bertz CT molecular complexity index is 559. The van der Waals surface area contributed by atoms with Gasteiger partial charge in [-0.25, -0.2) is 4.98 Å². The monoisotopic (exact) mass is 285 g/mol. The molecule has 0 saturated carbocycles. The molecule has 0 aliphatic heterocycles. The highest BCUT2D eigenvalue weighted by molar-refractivity contribution is 9.10. The van der Waals surface area contributed by atoms with Crippen molar-refractivity contribution < 1.29 is 9.90 Å². The average Bonchev–Trinajstić information content (AvgIpc) is 2.19. The Labute approximate surface area is 98.0 Å². The van der Waals surface area contributed by atoms with Gasteiger partial charge < -0.3 is 9.90 Å². The zero-order valence-corrected chi connectivity index (χ0v) is 9.54. The number of halogens is 2. The van der Waals surface area contributed by atoms with E-state index < -0.39 is 5.97 Å². The maximum Gasteiger partial charge on any atom is 0.109 e. The molecule has 0 atom stereocenters. The molecular weight excluding hydrogens is 283 g/mol. The SMILES string of the molecule is O=C([O-])c1cnc2ccc(Br)nc2c1Cl. The predicted molar refractivity (Wildman–Crippen MR) is 56.6 cm³/mol. The molecule has 6 heteroatoms. The van der Waals surface area contributed by atoms with Crippen LogP contribution in [0.2, 0.25) is 5.02 Å². The van der Waals surface area contributed by atoms with Crippen LogP contribution in [-0.2, 0) is 0 Å². The Hall–Kier alpha value is -1.20. The molecule has 76 valence electrons. The van der Waals surface area contributed by atoms with Crippen LogP contribution in [0.3, 0.4) is 0 Å². The number of carboxylic acids is 1. The van der Waals surface area contributed by atoms with Gasteiger partial charge in [0.25, 0.3) is 0 Å². The van der Waals surface area contributed by atoms with E-state index in [1.807, 2.05) is 0 Å².